The molecule has 0 saturated heterocycles. The van der Waals surface area contributed by atoms with E-state index in [1.807, 2.05) is 13.8 Å². The monoisotopic (exact) mass is 314 g/mol. The maximum Gasteiger partial charge on any atom is 0.257 e. The Bertz CT molecular complexity index is 659. The lowest BCUT2D eigenvalue weighted by Gasteiger charge is -2.16. The first-order valence-corrected chi connectivity index (χ1v) is 8.33. The predicted molar refractivity (Wildman–Crippen MR) is 91.6 cm³/mol. The maximum atomic E-state index is 12.5. The highest BCUT2D eigenvalue weighted by Crippen LogP contribution is 2.22. The summed E-state index contributed by atoms with van der Waals surface area (Å²) in [6.07, 6.45) is 1.80. The summed E-state index contributed by atoms with van der Waals surface area (Å²) in [7, 11) is 0. The molecule has 4 nitrogen and oxygen atoms in total. The number of carbonyl (C=O) groups excluding carboxylic acids is 1. The SMILES string of the molecule is CCc1noc(C)c1C(=O)NC(C)c1ccc(C(C)CC)cc1. The number of hydrogen-bond donors (Lipinski definition) is 1. The minimum Gasteiger partial charge on any atom is -0.361 e. The molecule has 0 spiro atoms. The van der Waals surface area contributed by atoms with Gasteiger partial charge in [0.05, 0.1) is 11.7 Å². The number of hydrogen-bond acceptors (Lipinski definition) is 3. The van der Waals surface area contributed by atoms with Crippen LogP contribution in [-0.4, -0.2) is 11.1 Å². The summed E-state index contributed by atoms with van der Waals surface area (Å²) in [5.41, 5.74) is 3.70. The smallest absolute Gasteiger partial charge is 0.257 e. The van der Waals surface area contributed by atoms with Gasteiger partial charge in [-0.25, -0.2) is 0 Å². The molecule has 124 valence electrons. The molecule has 2 aromatic rings. The van der Waals surface area contributed by atoms with E-state index in [4.69, 9.17) is 4.52 Å². The van der Waals surface area contributed by atoms with Crippen LogP contribution < -0.4 is 5.32 Å². The van der Waals surface area contributed by atoms with Gasteiger partial charge >= 0.3 is 0 Å². The van der Waals surface area contributed by atoms with Crippen LogP contribution in [0.5, 0.6) is 0 Å². The summed E-state index contributed by atoms with van der Waals surface area (Å²) in [5.74, 6) is 0.999. The molecule has 2 rings (SSSR count). The van der Waals surface area contributed by atoms with Crippen molar-refractivity contribution in [3.8, 4) is 0 Å². The van der Waals surface area contributed by atoms with Crippen molar-refractivity contribution >= 4 is 5.91 Å². The molecule has 0 aliphatic heterocycles. The standard InChI is InChI=1S/C19H26N2O2/c1-6-12(3)15-8-10-16(11-9-15)13(4)20-19(22)18-14(5)23-21-17(18)7-2/h8-13H,6-7H2,1-5H3,(H,20,22). The summed E-state index contributed by atoms with van der Waals surface area (Å²) in [5, 5.41) is 6.98. The van der Waals surface area contributed by atoms with E-state index in [9.17, 15) is 4.79 Å². The minimum atomic E-state index is -0.126. The third-order valence-electron chi connectivity index (χ3n) is 4.46. The lowest BCUT2D eigenvalue weighted by atomic mass is 9.96. The molecule has 0 saturated carbocycles. The van der Waals surface area contributed by atoms with E-state index in [0.717, 1.165) is 12.0 Å². The molecular weight excluding hydrogens is 288 g/mol. The normalized spacial score (nSPS) is 13.6. The van der Waals surface area contributed by atoms with Crippen LogP contribution in [0.25, 0.3) is 0 Å². The van der Waals surface area contributed by atoms with Crippen LogP contribution in [0.3, 0.4) is 0 Å². The zero-order valence-corrected chi connectivity index (χ0v) is 14.6. The van der Waals surface area contributed by atoms with Gasteiger partial charge < -0.3 is 9.84 Å². The molecule has 4 heteroatoms. The zero-order valence-electron chi connectivity index (χ0n) is 14.6. The number of amides is 1. The van der Waals surface area contributed by atoms with Gasteiger partial charge in [-0.3, -0.25) is 4.79 Å². The molecular formula is C19H26N2O2. The van der Waals surface area contributed by atoms with Crippen LogP contribution >= 0.6 is 0 Å². The second-order valence-electron chi connectivity index (χ2n) is 6.09. The van der Waals surface area contributed by atoms with Gasteiger partial charge in [0.25, 0.3) is 5.91 Å². The number of aromatic nitrogens is 1. The van der Waals surface area contributed by atoms with E-state index in [2.05, 4.69) is 48.6 Å². The Labute approximate surface area is 138 Å². The van der Waals surface area contributed by atoms with Gasteiger partial charge in [-0.1, -0.05) is 50.2 Å². The molecule has 1 aromatic heterocycles. The Morgan fingerprint density at radius 3 is 2.35 bits per heavy atom. The molecule has 23 heavy (non-hydrogen) atoms. The average molecular weight is 314 g/mol. The van der Waals surface area contributed by atoms with E-state index >= 15 is 0 Å². The topological polar surface area (TPSA) is 55.1 Å². The van der Waals surface area contributed by atoms with E-state index < -0.39 is 0 Å². The van der Waals surface area contributed by atoms with E-state index in [1.165, 1.54) is 5.56 Å². The molecule has 1 heterocycles. The summed E-state index contributed by atoms with van der Waals surface area (Å²) < 4.78 is 5.14. The summed E-state index contributed by atoms with van der Waals surface area (Å²) in [6, 6.07) is 8.41. The second kappa shape index (κ2) is 7.44. The van der Waals surface area contributed by atoms with Crippen LogP contribution in [0, 0.1) is 6.92 Å². The Morgan fingerprint density at radius 2 is 1.78 bits per heavy atom. The highest BCUT2D eigenvalue weighted by Gasteiger charge is 2.21. The predicted octanol–water partition coefficient (Wildman–Crippen LogP) is 4.55. The minimum absolute atomic E-state index is 0.0625. The Hall–Kier alpha value is -2.10. The molecule has 1 aromatic carbocycles. The highest BCUT2D eigenvalue weighted by molar-refractivity contribution is 5.96. The van der Waals surface area contributed by atoms with Crippen molar-refractivity contribution in [1.82, 2.24) is 10.5 Å². The quantitative estimate of drug-likeness (QED) is 0.851. The summed E-state index contributed by atoms with van der Waals surface area (Å²) >= 11 is 0. The molecule has 1 N–H and O–H groups in total. The number of rotatable bonds is 6. The van der Waals surface area contributed by atoms with Crippen LogP contribution in [0.15, 0.2) is 28.8 Å². The van der Waals surface area contributed by atoms with Crippen molar-refractivity contribution in [2.45, 2.75) is 59.4 Å². The van der Waals surface area contributed by atoms with Gasteiger partial charge in [-0.15, -0.1) is 0 Å². The third-order valence-corrected chi connectivity index (χ3v) is 4.46. The highest BCUT2D eigenvalue weighted by atomic mass is 16.5. The van der Waals surface area contributed by atoms with Crippen molar-refractivity contribution in [3.05, 3.63) is 52.4 Å². The number of aryl methyl sites for hydroxylation is 2. The third kappa shape index (κ3) is 3.81. The largest absolute Gasteiger partial charge is 0.361 e. The fraction of sp³-hybridized carbons (Fsp3) is 0.474. The number of nitrogens with one attached hydrogen (secondary N) is 1. The molecule has 0 radical (unpaired) electrons. The van der Waals surface area contributed by atoms with Crippen molar-refractivity contribution in [2.75, 3.05) is 0 Å². The molecule has 2 atom stereocenters. The van der Waals surface area contributed by atoms with Gasteiger partial charge in [-0.2, -0.15) is 0 Å². The zero-order chi connectivity index (χ0) is 17.0. The lowest BCUT2D eigenvalue weighted by Crippen LogP contribution is -2.27. The number of carbonyl (C=O) groups is 1. The number of nitrogens with zero attached hydrogens (tertiary/aromatic N) is 1. The fourth-order valence-electron chi connectivity index (χ4n) is 2.65. The molecule has 0 bridgehead atoms. The first kappa shape index (κ1) is 17.3. The summed E-state index contributed by atoms with van der Waals surface area (Å²) in [4.78, 5) is 12.5. The Balaban J connectivity index is 2.10. The van der Waals surface area contributed by atoms with E-state index in [-0.39, 0.29) is 11.9 Å². The lowest BCUT2D eigenvalue weighted by molar-refractivity contribution is 0.0937. The van der Waals surface area contributed by atoms with E-state index in [0.29, 0.717) is 29.4 Å². The second-order valence-corrected chi connectivity index (χ2v) is 6.09. The Kier molecular flexibility index (Phi) is 5.59. The average Bonchev–Trinajstić information content (AvgIpc) is 2.95. The molecule has 2 unspecified atom stereocenters. The van der Waals surface area contributed by atoms with Crippen molar-refractivity contribution in [3.63, 3.8) is 0 Å². The summed E-state index contributed by atoms with van der Waals surface area (Å²) in [6.45, 7) is 10.1. The molecule has 0 aliphatic rings. The molecule has 0 aliphatic carbocycles. The van der Waals surface area contributed by atoms with Crippen LogP contribution in [-0.2, 0) is 6.42 Å². The molecule has 0 fully saturated rings. The van der Waals surface area contributed by atoms with Crippen molar-refractivity contribution in [2.24, 2.45) is 0 Å². The first-order chi connectivity index (χ1) is 11.0. The van der Waals surface area contributed by atoms with Gasteiger partial charge in [0.15, 0.2) is 0 Å². The number of benzene rings is 1. The molecule has 1 amide bonds. The maximum absolute atomic E-state index is 12.5. The van der Waals surface area contributed by atoms with Crippen LogP contribution in [0.1, 0.15) is 79.0 Å². The van der Waals surface area contributed by atoms with Gasteiger partial charge in [0.1, 0.15) is 11.3 Å². The Morgan fingerprint density at radius 1 is 1.17 bits per heavy atom. The van der Waals surface area contributed by atoms with Gasteiger partial charge in [0, 0.05) is 0 Å². The van der Waals surface area contributed by atoms with E-state index in [1.54, 1.807) is 6.92 Å². The van der Waals surface area contributed by atoms with Crippen LogP contribution in [0.2, 0.25) is 0 Å². The first-order valence-electron chi connectivity index (χ1n) is 8.33. The van der Waals surface area contributed by atoms with Gasteiger partial charge in [-0.05, 0) is 43.7 Å². The fourth-order valence-corrected chi connectivity index (χ4v) is 2.65. The van der Waals surface area contributed by atoms with Crippen molar-refractivity contribution in [1.29, 1.82) is 0 Å². The van der Waals surface area contributed by atoms with Crippen LogP contribution in [0.4, 0.5) is 0 Å². The van der Waals surface area contributed by atoms with Crippen molar-refractivity contribution < 1.29 is 9.32 Å². The van der Waals surface area contributed by atoms with Gasteiger partial charge in [0.2, 0.25) is 0 Å².